The number of esters is 1. The lowest BCUT2D eigenvalue weighted by Crippen LogP contribution is -2.49. The second kappa shape index (κ2) is 4.74. The van der Waals surface area contributed by atoms with Gasteiger partial charge in [0.05, 0.1) is 5.60 Å². The van der Waals surface area contributed by atoms with Crippen molar-refractivity contribution in [2.24, 2.45) is 45.3 Å². The molecule has 0 amide bonds. The van der Waals surface area contributed by atoms with Crippen LogP contribution in [-0.2, 0) is 14.3 Å². The highest BCUT2D eigenvalue weighted by atomic mass is 16.6. The third-order valence-corrected chi connectivity index (χ3v) is 10.9. The Kier molecular flexibility index (Phi) is 3.00. The molecule has 9 atom stereocenters. The lowest BCUT2D eigenvalue weighted by atomic mass is 9.58. The number of ether oxygens (including phenoxy) is 1. The first-order valence-corrected chi connectivity index (χ1v) is 11.3. The summed E-state index contributed by atoms with van der Waals surface area (Å²) in [7, 11) is 0. The van der Waals surface area contributed by atoms with Crippen LogP contribution in [0.3, 0.4) is 0 Å². The van der Waals surface area contributed by atoms with Crippen molar-refractivity contribution < 1.29 is 19.4 Å². The number of hydrogen-bond donors (Lipinski definition) is 1. The summed E-state index contributed by atoms with van der Waals surface area (Å²) in [6.45, 7) is 12.7. The van der Waals surface area contributed by atoms with E-state index in [9.17, 15) is 14.7 Å². The van der Waals surface area contributed by atoms with E-state index in [1.807, 2.05) is 6.92 Å². The van der Waals surface area contributed by atoms with Crippen LogP contribution < -0.4 is 0 Å². The zero-order chi connectivity index (χ0) is 20.8. The van der Waals surface area contributed by atoms with Crippen LogP contribution in [0.15, 0.2) is 24.3 Å². The third kappa shape index (κ3) is 1.62. The van der Waals surface area contributed by atoms with E-state index >= 15 is 0 Å². The minimum absolute atomic E-state index is 0.0548. The Morgan fingerprint density at radius 1 is 1.24 bits per heavy atom. The van der Waals surface area contributed by atoms with Crippen molar-refractivity contribution in [2.45, 2.75) is 71.5 Å². The Morgan fingerprint density at radius 3 is 2.62 bits per heavy atom. The van der Waals surface area contributed by atoms with Gasteiger partial charge >= 0.3 is 5.97 Å². The SMILES string of the molecule is C=C1C(=O)O[C@@H]2[C@@H]1CC[C@](C)(O)[C@@]13C=C[C@@](C)([C@@H]21)[C@]1(C3)C(=O)C[C@@]2(C(C)C)C[C@H]21. The molecule has 0 aromatic heterocycles. The Labute approximate surface area is 172 Å². The van der Waals surface area contributed by atoms with Gasteiger partial charge in [-0.3, -0.25) is 4.79 Å². The van der Waals surface area contributed by atoms with E-state index in [4.69, 9.17) is 4.74 Å². The van der Waals surface area contributed by atoms with Crippen molar-refractivity contribution in [1.29, 1.82) is 0 Å². The van der Waals surface area contributed by atoms with Gasteiger partial charge in [-0.05, 0) is 49.9 Å². The monoisotopic (exact) mass is 396 g/mol. The first kappa shape index (κ1) is 18.4. The van der Waals surface area contributed by atoms with E-state index in [-0.39, 0.29) is 34.7 Å². The number of hydrogen-bond acceptors (Lipinski definition) is 4. The Morgan fingerprint density at radius 2 is 1.97 bits per heavy atom. The summed E-state index contributed by atoms with van der Waals surface area (Å²) >= 11 is 0. The molecule has 1 N–H and O–H groups in total. The molecule has 0 unspecified atom stereocenters. The molecule has 5 aliphatic carbocycles. The van der Waals surface area contributed by atoms with Gasteiger partial charge in [-0.25, -0.2) is 4.79 Å². The zero-order valence-corrected chi connectivity index (χ0v) is 18.0. The second-order valence-electron chi connectivity index (χ2n) is 11.8. The largest absolute Gasteiger partial charge is 0.458 e. The summed E-state index contributed by atoms with van der Waals surface area (Å²) in [5.74, 6) is 0.852. The van der Waals surface area contributed by atoms with E-state index in [0.29, 0.717) is 48.9 Å². The van der Waals surface area contributed by atoms with E-state index in [1.165, 1.54) is 0 Å². The average molecular weight is 397 g/mol. The van der Waals surface area contributed by atoms with Gasteiger partial charge in [-0.15, -0.1) is 0 Å². The summed E-state index contributed by atoms with van der Waals surface area (Å²) in [5.41, 5.74) is -1.58. The highest BCUT2D eigenvalue weighted by Crippen LogP contribution is 2.87. The lowest BCUT2D eigenvalue weighted by molar-refractivity contribution is -0.148. The predicted octanol–water partition coefficient (Wildman–Crippen LogP) is 3.83. The van der Waals surface area contributed by atoms with Gasteiger partial charge in [0.2, 0.25) is 0 Å². The van der Waals surface area contributed by atoms with Gasteiger partial charge in [0.1, 0.15) is 11.9 Å². The van der Waals surface area contributed by atoms with Crippen LogP contribution >= 0.6 is 0 Å². The van der Waals surface area contributed by atoms with Crippen LogP contribution in [0.4, 0.5) is 0 Å². The molecule has 6 rings (SSSR count). The van der Waals surface area contributed by atoms with Crippen LogP contribution in [0, 0.1) is 45.3 Å². The van der Waals surface area contributed by atoms with E-state index < -0.39 is 16.4 Å². The molecule has 1 heterocycles. The molecule has 4 nitrogen and oxygen atoms in total. The molecular formula is C25H32O4. The van der Waals surface area contributed by atoms with Gasteiger partial charge in [0.15, 0.2) is 0 Å². The molecule has 29 heavy (non-hydrogen) atoms. The quantitative estimate of drug-likeness (QED) is 0.416. The number of allylic oxidation sites excluding steroid dienone is 1. The zero-order valence-electron chi connectivity index (χ0n) is 18.0. The molecule has 2 bridgehead atoms. The predicted molar refractivity (Wildman–Crippen MR) is 108 cm³/mol. The molecule has 4 saturated carbocycles. The summed E-state index contributed by atoms with van der Waals surface area (Å²) in [4.78, 5) is 26.2. The first-order chi connectivity index (χ1) is 13.5. The van der Waals surface area contributed by atoms with Crippen molar-refractivity contribution in [3.05, 3.63) is 24.3 Å². The molecule has 0 aromatic rings. The number of rotatable bonds is 1. The summed E-state index contributed by atoms with van der Waals surface area (Å²) in [6, 6.07) is 0. The highest BCUT2D eigenvalue weighted by Gasteiger charge is 2.86. The topological polar surface area (TPSA) is 63.6 Å². The number of ketones is 1. The fraction of sp³-hybridized carbons (Fsp3) is 0.760. The third-order valence-electron chi connectivity index (χ3n) is 10.9. The van der Waals surface area contributed by atoms with Gasteiger partial charge < -0.3 is 9.84 Å². The average Bonchev–Trinajstić information content (AvgIpc) is 3.02. The maximum Gasteiger partial charge on any atom is 0.334 e. The van der Waals surface area contributed by atoms with E-state index in [1.54, 1.807) is 0 Å². The van der Waals surface area contributed by atoms with Crippen molar-refractivity contribution in [3.8, 4) is 0 Å². The summed E-state index contributed by atoms with van der Waals surface area (Å²) < 4.78 is 5.96. The first-order valence-electron chi connectivity index (χ1n) is 11.3. The maximum atomic E-state index is 13.8. The minimum atomic E-state index is -0.926. The fourth-order valence-electron chi connectivity index (χ4n) is 9.16. The smallest absolute Gasteiger partial charge is 0.334 e. The number of aliphatic hydroxyl groups is 1. The van der Waals surface area contributed by atoms with Crippen molar-refractivity contribution >= 4 is 11.8 Å². The van der Waals surface area contributed by atoms with Gasteiger partial charge in [-0.2, -0.15) is 0 Å². The molecule has 0 radical (unpaired) electrons. The Bertz CT molecular complexity index is 914. The maximum absolute atomic E-state index is 13.8. The van der Waals surface area contributed by atoms with Crippen LogP contribution in [-0.4, -0.2) is 28.6 Å². The summed E-state index contributed by atoms with van der Waals surface area (Å²) in [5, 5.41) is 11.8. The number of fused-ring (bicyclic) bond motifs is 4. The van der Waals surface area contributed by atoms with Crippen molar-refractivity contribution in [3.63, 3.8) is 0 Å². The van der Waals surface area contributed by atoms with Crippen LogP contribution in [0.25, 0.3) is 0 Å². The molecule has 6 aliphatic rings. The second-order valence-corrected chi connectivity index (χ2v) is 11.8. The number of carbonyl (C=O) groups is 2. The molecule has 4 heteroatoms. The highest BCUT2D eigenvalue weighted by molar-refractivity contribution is 5.94. The standard InChI is InChI=1S/C25H32O4/c1-13(2)23-10-16(23)25(17(26)11-23)12-24-9-8-21(25,4)19(24)18-15(6-7-22(24,5)28)14(3)20(27)29-18/h8-9,13,15-16,18-19,28H,3,6-7,10-12H2,1-2,4-5H3/t15-,16-,18-,19-,21+,22+,23-,24-,25+/m1/s1. The number of carbonyl (C=O) groups excluding carboxylic acids is 2. The molecule has 1 aliphatic heterocycles. The van der Waals surface area contributed by atoms with Gasteiger partial charge in [0, 0.05) is 40.1 Å². The Balaban J connectivity index is 1.56. The molecule has 0 aromatic carbocycles. The fourth-order valence-corrected chi connectivity index (χ4v) is 9.16. The van der Waals surface area contributed by atoms with Gasteiger partial charge in [0.25, 0.3) is 0 Å². The van der Waals surface area contributed by atoms with Crippen LogP contribution in [0.5, 0.6) is 0 Å². The Hall–Kier alpha value is -1.42. The molecule has 156 valence electrons. The van der Waals surface area contributed by atoms with E-state index in [2.05, 4.69) is 39.5 Å². The number of Topliss-reactive ketones (excluding diaryl/α,β-unsaturated/α-hetero) is 1. The van der Waals surface area contributed by atoms with Crippen LogP contribution in [0.2, 0.25) is 0 Å². The lowest BCUT2D eigenvalue weighted by Gasteiger charge is -2.44. The molecule has 1 saturated heterocycles. The molecular weight excluding hydrogens is 364 g/mol. The van der Waals surface area contributed by atoms with E-state index in [0.717, 1.165) is 6.42 Å². The van der Waals surface area contributed by atoms with Crippen molar-refractivity contribution in [1.82, 2.24) is 0 Å². The minimum Gasteiger partial charge on any atom is -0.458 e. The summed E-state index contributed by atoms with van der Waals surface area (Å²) in [6.07, 6.45) is 7.95. The van der Waals surface area contributed by atoms with Crippen LogP contribution in [0.1, 0.15) is 59.8 Å². The normalized spacial score (nSPS) is 59.2. The molecule has 5 fully saturated rings. The molecule has 1 spiro atoms. The van der Waals surface area contributed by atoms with Gasteiger partial charge in [-0.1, -0.05) is 39.5 Å². The van der Waals surface area contributed by atoms with Crippen molar-refractivity contribution in [2.75, 3.05) is 0 Å².